The molecule has 0 spiro atoms. The van der Waals surface area contributed by atoms with E-state index in [9.17, 15) is 187 Å². The van der Waals surface area contributed by atoms with E-state index in [2.05, 4.69) is 26.6 Å². The van der Waals surface area contributed by atoms with Gasteiger partial charge in [0.1, 0.15) is 0 Å². The zero-order valence-corrected chi connectivity index (χ0v) is 35.3. The van der Waals surface area contributed by atoms with Gasteiger partial charge < -0.3 is 20.4 Å². The van der Waals surface area contributed by atoms with Crippen LogP contribution in [0.5, 0.6) is 0 Å². The largest absolute Gasteiger partial charge is 0.830 e. The van der Waals surface area contributed by atoms with Crippen LogP contribution in [-0.2, 0) is 41.0 Å². The fourth-order valence-electron chi connectivity index (χ4n) is 2.37. The average molecular weight is 1290 g/mol. The summed E-state index contributed by atoms with van der Waals surface area (Å²) >= 11 is 0. The number of hydrogen-bond acceptors (Lipinski definition) is 4. The summed E-state index contributed by atoms with van der Waals surface area (Å²) in [6, 6.07) is 5.04. The van der Waals surface area contributed by atoms with Gasteiger partial charge in [-0.15, -0.1) is 0 Å². The number of benzene rings is 1. The maximum absolute atomic E-state index is 11.9. The van der Waals surface area contributed by atoms with E-state index in [4.69, 9.17) is 18.6 Å². The van der Waals surface area contributed by atoms with Gasteiger partial charge in [0.15, 0.2) is 34.0 Å². The molecule has 0 heterocycles. The minimum atomic E-state index is -6.98. The van der Waals surface area contributed by atoms with Gasteiger partial charge in [-0.05, 0) is 12.1 Å². The van der Waals surface area contributed by atoms with Crippen molar-refractivity contribution in [2.45, 2.75) is 96.5 Å². The molecular weight excluding hydrogens is 1280 g/mol. The molecule has 0 aliphatic rings. The van der Waals surface area contributed by atoms with Crippen LogP contribution in [0.1, 0.15) is 0 Å². The van der Waals surface area contributed by atoms with Crippen molar-refractivity contribution in [3.05, 3.63) is 62.5 Å². The standard InChI is InChI=1S/C6H4F2.4C4F9O.4CO.Al.Nb/c7-5-3-1-2-4-6(5)8;4*5-2(6,7)1(14,3(8,9)10)4(11,12)13;4*1-2;;/h1-4H;;;;;;;;;;/q;4*-1;;;;;+3;. The Kier molecular flexibility index (Phi) is 39.2. The van der Waals surface area contributed by atoms with Gasteiger partial charge in [-0.3, -0.25) is 0 Å². The predicted molar refractivity (Wildman–Crippen MR) is 131 cm³/mol. The molecule has 0 amide bonds. The molecule has 1 radical (unpaired) electrons. The molecule has 0 atom stereocenters. The van der Waals surface area contributed by atoms with E-state index in [0.29, 0.717) is 0 Å². The maximum atomic E-state index is 11.9. The molecule has 0 bridgehead atoms. The molecule has 431 valence electrons. The summed E-state index contributed by atoms with van der Waals surface area (Å²) in [5.41, 5.74) is -27.8. The van der Waals surface area contributed by atoms with Gasteiger partial charge in [0.2, 0.25) is 0 Å². The van der Waals surface area contributed by atoms with Crippen LogP contribution in [0, 0.1) is 38.2 Å². The van der Waals surface area contributed by atoms with Crippen LogP contribution in [0.15, 0.2) is 24.3 Å². The number of alkyl halides is 36. The van der Waals surface area contributed by atoms with Crippen LogP contribution < -0.4 is 20.4 Å². The first-order valence-corrected chi connectivity index (χ1v) is 13.6. The van der Waals surface area contributed by atoms with Crippen LogP contribution >= 0.6 is 0 Å². The van der Waals surface area contributed by atoms with Crippen LogP contribution in [0.2, 0.25) is 0 Å². The van der Waals surface area contributed by atoms with Crippen molar-refractivity contribution in [1.29, 1.82) is 0 Å². The second kappa shape index (κ2) is 31.1. The van der Waals surface area contributed by atoms with Crippen molar-refractivity contribution in [3.63, 3.8) is 0 Å². The minimum absolute atomic E-state index is 0. The molecule has 0 aromatic heterocycles. The topological polar surface area (TPSA) is 172 Å². The summed E-state index contributed by atoms with van der Waals surface area (Å²) < 4.78 is 462. The summed E-state index contributed by atoms with van der Waals surface area (Å²) in [6.07, 6.45) is -83.8. The van der Waals surface area contributed by atoms with Crippen LogP contribution in [0.3, 0.4) is 0 Å². The SMILES string of the molecule is Fc1ccccc1F.[Al+3].[C-]#[O+].[C-]#[O+].[C-]#[O+].[C-]#[O+].[Nb].[O-]C(C(F)(F)F)(C(F)(F)F)C(F)(F)F.[O-]C(C(F)(F)F)(C(F)(F)F)C(F)(F)F.[O-]C(C(F)(F)F)(C(F)(F)F)C(F)(F)F.[O-]C(C(F)(F)F)(C(F)(F)F)C(F)(F)F. The Morgan fingerprint density at radius 1 is 0.243 bits per heavy atom. The van der Waals surface area contributed by atoms with Gasteiger partial charge in [-0.1, -0.05) is 12.1 Å². The predicted octanol–water partition coefficient (Wildman–Crippen LogP) is 8.52. The first kappa shape index (κ1) is 93.2. The van der Waals surface area contributed by atoms with E-state index in [1.807, 2.05) is 0 Å². The van der Waals surface area contributed by atoms with E-state index >= 15 is 0 Å². The van der Waals surface area contributed by atoms with Crippen LogP contribution in [0.25, 0.3) is 0 Å². The van der Waals surface area contributed by atoms with E-state index in [1.54, 1.807) is 0 Å². The number of halogens is 38. The molecule has 0 saturated heterocycles. The Labute approximate surface area is 404 Å². The first-order chi connectivity index (χ1) is 30.8. The van der Waals surface area contributed by atoms with Gasteiger partial charge >= 0.3 is 137 Å². The second-order valence-corrected chi connectivity index (χ2v) is 10.1. The molecule has 0 N–H and O–H groups in total. The van der Waals surface area contributed by atoms with Gasteiger partial charge in [-0.25, -0.2) is 8.78 Å². The Balaban J connectivity index is -0.0000000835. The molecule has 0 unspecified atom stereocenters. The zero-order valence-electron chi connectivity index (χ0n) is 32.0. The van der Waals surface area contributed by atoms with Gasteiger partial charge in [0.05, 0.1) is 0 Å². The molecule has 0 aliphatic carbocycles. The van der Waals surface area contributed by atoms with Crippen molar-refractivity contribution in [3.8, 4) is 0 Å². The summed E-state index contributed by atoms with van der Waals surface area (Å²) in [7, 11) is 0. The fourth-order valence-corrected chi connectivity index (χ4v) is 2.37. The quantitative estimate of drug-likeness (QED) is 0.110. The summed E-state index contributed by atoms with van der Waals surface area (Å²) in [5, 5.41) is 39.2. The van der Waals surface area contributed by atoms with Crippen LogP contribution in [0.4, 0.5) is 167 Å². The number of hydrogen-bond donors (Lipinski definition) is 0. The fraction of sp³-hybridized carbons (Fsp3) is 0.615. The third-order valence-corrected chi connectivity index (χ3v) is 5.61. The van der Waals surface area contributed by atoms with Crippen molar-refractivity contribution < 1.29 is 228 Å². The molecule has 0 saturated carbocycles. The molecule has 1 aromatic carbocycles. The Morgan fingerprint density at radius 3 is 0.338 bits per heavy atom. The van der Waals surface area contributed by atoms with E-state index in [1.165, 1.54) is 12.1 Å². The van der Waals surface area contributed by atoms with Crippen molar-refractivity contribution in [2.75, 3.05) is 0 Å². The van der Waals surface area contributed by atoms with Crippen LogP contribution in [-0.4, -0.2) is 114 Å². The second-order valence-electron chi connectivity index (χ2n) is 10.1. The average Bonchev–Trinajstić information content (AvgIpc) is 3.13. The third-order valence-electron chi connectivity index (χ3n) is 5.61. The van der Waals surface area contributed by atoms with Crippen molar-refractivity contribution in [1.82, 2.24) is 0 Å². The molecule has 0 fully saturated rings. The van der Waals surface area contributed by atoms with E-state index in [-0.39, 0.29) is 39.7 Å². The Bertz CT molecular complexity index is 1400. The monoisotopic (exact) mass is 1290 g/mol. The first-order valence-electron chi connectivity index (χ1n) is 13.6. The molecule has 1 aromatic rings. The van der Waals surface area contributed by atoms with Crippen molar-refractivity contribution in [2.24, 2.45) is 0 Å². The Hall–Kier alpha value is -3.37. The molecule has 74 heavy (non-hydrogen) atoms. The molecule has 0 aliphatic heterocycles. The normalized spacial score (nSPS) is 13.1. The van der Waals surface area contributed by atoms with E-state index in [0.717, 1.165) is 12.1 Å². The molecule has 8 nitrogen and oxygen atoms in total. The third kappa shape index (κ3) is 23.5. The van der Waals surface area contributed by atoms with Gasteiger partial charge in [0, 0.05) is 22.4 Å². The summed E-state index contributed by atoms with van der Waals surface area (Å²) in [5.74, 6) is -1.60. The van der Waals surface area contributed by atoms with Gasteiger partial charge in [0.25, 0.3) is 0 Å². The summed E-state index contributed by atoms with van der Waals surface area (Å²) in [6.45, 7) is 18.0. The summed E-state index contributed by atoms with van der Waals surface area (Å²) in [4.78, 5) is 0. The molecule has 1 rings (SSSR count). The zero-order chi connectivity index (χ0) is 62.0. The Morgan fingerprint density at radius 2 is 0.311 bits per heavy atom. The smallest absolute Gasteiger partial charge is 0.397 e. The van der Waals surface area contributed by atoms with Crippen molar-refractivity contribution >= 4 is 17.4 Å². The molecule has 48 heteroatoms. The maximum Gasteiger partial charge on any atom is 0.397 e. The van der Waals surface area contributed by atoms with Gasteiger partial charge in [-0.2, -0.15) is 158 Å². The minimum Gasteiger partial charge on any atom is -0.830 e. The number of rotatable bonds is 0. The molecular formula is C26H4AlF38NbO8-. The van der Waals surface area contributed by atoms with E-state index < -0.39 is 108 Å².